The molecular weight excluding hydrogens is 450 g/mol. The van der Waals surface area contributed by atoms with Gasteiger partial charge in [-0.05, 0) is 60.7 Å². The molecule has 0 saturated heterocycles. The van der Waals surface area contributed by atoms with E-state index in [4.69, 9.17) is 4.74 Å². The molecule has 0 fully saturated rings. The lowest BCUT2D eigenvalue weighted by Crippen LogP contribution is -2.35. The van der Waals surface area contributed by atoms with Crippen molar-refractivity contribution in [1.29, 1.82) is 0 Å². The minimum atomic E-state index is -3.73. The van der Waals surface area contributed by atoms with Gasteiger partial charge >= 0.3 is 0 Å². The molecule has 1 N–H and O–H groups in total. The molecular formula is C26H27N3O4S. The highest BCUT2D eigenvalue weighted by atomic mass is 32.2. The van der Waals surface area contributed by atoms with Crippen LogP contribution in [0.5, 0.6) is 5.75 Å². The number of aryl methyl sites for hydroxylation is 2. The number of benzene rings is 3. The Morgan fingerprint density at radius 1 is 0.912 bits per heavy atom. The second-order valence-corrected chi connectivity index (χ2v) is 10.3. The van der Waals surface area contributed by atoms with Crippen LogP contribution in [0.3, 0.4) is 0 Å². The molecule has 2 heterocycles. The molecule has 5 rings (SSSR count). The van der Waals surface area contributed by atoms with Gasteiger partial charge in [-0.2, -0.15) is 0 Å². The lowest BCUT2D eigenvalue weighted by molar-refractivity contribution is -0.120. The predicted octanol–water partition coefficient (Wildman–Crippen LogP) is 3.65. The zero-order chi connectivity index (χ0) is 23.7. The van der Waals surface area contributed by atoms with Crippen LogP contribution in [0, 0.1) is 0 Å². The summed E-state index contributed by atoms with van der Waals surface area (Å²) in [6.07, 6.45) is 2.60. The number of carbonyl (C=O) groups excluding carboxylic acids is 1. The number of ether oxygens (including phenoxy) is 1. The molecule has 34 heavy (non-hydrogen) atoms. The summed E-state index contributed by atoms with van der Waals surface area (Å²) >= 11 is 0. The maximum absolute atomic E-state index is 12.9. The first-order chi connectivity index (χ1) is 16.4. The fraction of sp³-hybridized carbons (Fsp3) is 0.269. The van der Waals surface area contributed by atoms with Gasteiger partial charge in [-0.1, -0.05) is 36.4 Å². The van der Waals surface area contributed by atoms with Crippen LogP contribution < -0.4 is 19.3 Å². The van der Waals surface area contributed by atoms with Gasteiger partial charge in [0, 0.05) is 31.5 Å². The van der Waals surface area contributed by atoms with Crippen molar-refractivity contribution in [3.05, 3.63) is 77.9 Å². The first-order valence-electron chi connectivity index (χ1n) is 11.4. The van der Waals surface area contributed by atoms with Crippen molar-refractivity contribution in [2.75, 3.05) is 36.5 Å². The number of fused-ring (bicyclic) bond motifs is 3. The third-order valence-electron chi connectivity index (χ3n) is 6.41. The zero-order valence-electron chi connectivity index (χ0n) is 19.0. The Morgan fingerprint density at radius 2 is 1.56 bits per heavy atom. The van der Waals surface area contributed by atoms with E-state index in [2.05, 4.69) is 46.0 Å². The molecule has 0 atom stereocenters. The fourth-order valence-corrected chi connectivity index (χ4v) is 5.65. The number of nitrogens with zero attached hydrogens (tertiary/aromatic N) is 2. The van der Waals surface area contributed by atoms with E-state index in [0.717, 1.165) is 12.8 Å². The number of carbonyl (C=O) groups is 1. The molecule has 0 spiro atoms. The van der Waals surface area contributed by atoms with E-state index in [9.17, 15) is 13.2 Å². The number of para-hydroxylation sites is 2. The smallest absolute Gasteiger partial charge is 0.264 e. The molecule has 0 aliphatic carbocycles. The third-order valence-corrected chi connectivity index (χ3v) is 7.87. The number of hydrogen-bond donors (Lipinski definition) is 1. The Kier molecular flexibility index (Phi) is 6.02. The van der Waals surface area contributed by atoms with Crippen LogP contribution in [-0.2, 0) is 27.7 Å². The van der Waals surface area contributed by atoms with Crippen molar-refractivity contribution in [3.63, 3.8) is 0 Å². The van der Waals surface area contributed by atoms with E-state index >= 15 is 0 Å². The maximum Gasteiger partial charge on any atom is 0.264 e. The summed E-state index contributed by atoms with van der Waals surface area (Å²) in [6.45, 7) is 0.938. The average Bonchev–Trinajstić information content (AvgIpc) is 3.01. The Labute approximate surface area is 200 Å². The summed E-state index contributed by atoms with van der Waals surface area (Å²) in [4.78, 5) is 15.7. The van der Waals surface area contributed by atoms with Crippen molar-refractivity contribution >= 4 is 33.0 Å². The Bertz CT molecular complexity index is 1290. The number of nitrogens with one attached hydrogen (secondary N) is 1. The Morgan fingerprint density at radius 3 is 2.24 bits per heavy atom. The van der Waals surface area contributed by atoms with Crippen molar-refractivity contribution in [3.8, 4) is 5.75 Å². The molecule has 8 heteroatoms. The van der Waals surface area contributed by atoms with Gasteiger partial charge in [0.1, 0.15) is 5.75 Å². The summed E-state index contributed by atoms with van der Waals surface area (Å²) in [5, 5.41) is 0. The molecule has 0 unspecified atom stereocenters. The van der Waals surface area contributed by atoms with Crippen molar-refractivity contribution < 1.29 is 17.9 Å². The number of amides is 1. The first-order valence-corrected chi connectivity index (χ1v) is 12.9. The van der Waals surface area contributed by atoms with Gasteiger partial charge in [0.05, 0.1) is 10.6 Å². The highest BCUT2D eigenvalue weighted by Crippen LogP contribution is 2.36. The maximum atomic E-state index is 12.9. The van der Waals surface area contributed by atoms with Crippen molar-refractivity contribution in [2.24, 2.45) is 0 Å². The number of hydrogen-bond acceptors (Lipinski definition) is 5. The van der Waals surface area contributed by atoms with Gasteiger partial charge in [-0.3, -0.25) is 4.79 Å². The summed E-state index contributed by atoms with van der Waals surface area (Å²) < 4.78 is 34.0. The van der Waals surface area contributed by atoms with Crippen LogP contribution in [0.4, 0.5) is 17.1 Å². The second-order valence-electron chi connectivity index (χ2n) is 8.53. The van der Waals surface area contributed by atoms with Gasteiger partial charge in [-0.15, -0.1) is 0 Å². The second kappa shape index (κ2) is 9.12. The normalized spacial score (nSPS) is 15.1. The van der Waals surface area contributed by atoms with E-state index in [-0.39, 0.29) is 17.4 Å². The van der Waals surface area contributed by atoms with Gasteiger partial charge in [0.2, 0.25) is 10.0 Å². The van der Waals surface area contributed by atoms with E-state index in [1.807, 2.05) is 12.1 Å². The van der Waals surface area contributed by atoms with Gasteiger partial charge in [0.25, 0.3) is 5.91 Å². The van der Waals surface area contributed by atoms with Crippen molar-refractivity contribution in [1.82, 2.24) is 4.72 Å². The molecule has 0 radical (unpaired) electrons. The Hall–Kier alpha value is -3.36. The molecule has 2 aliphatic rings. The quantitative estimate of drug-likeness (QED) is 0.549. The van der Waals surface area contributed by atoms with Crippen LogP contribution >= 0.6 is 0 Å². The van der Waals surface area contributed by atoms with Gasteiger partial charge in [-0.25, -0.2) is 13.1 Å². The fourth-order valence-electron chi connectivity index (χ4n) is 4.56. The van der Waals surface area contributed by atoms with Gasteiger partial charge in [0.15, 0.2) is 6.61 Å². The minimum absolute atomic E-state index is 0.0450. The molecule has 0 aromatic heterocycles. The molecule has 3 aromatic carbocycles. The molecule has 0 bridgehead atoms. The third kappa shape index (κ3) is 4.26. The van der Waals surface area contributed by atoms with E-state index in [1.54, 1.807) is 13.1 Å². The summed E-state index contributed by atoms with van der Waals surface area (Å²) in [7, 11) is -2.11. The van der Waals surface area contributed by atoms with E-state index in [1.165, 1.54) is 39.5 Å². The zero-order valence-corrected chi connectivity index (χ0v) is 19.8. The monoisotopic (exact) mass is 477 g/mol. The van der Waals surface area contributed by atoms with Gasteiger partial charge < -0.3 is 14.5 Å². The molecule has 176 valence electrons. The highest BCUT2D eigenvalue weighted by Gasteiger charge is 2.25. The van der Waals surface area contributed by atoms with Crippen LogP contribution in [-0.4, -0.2) is 41.1 Å². The standard InChI is InChI=1S/C26H27N3O4S/c1-28-24-17-21(13-14-25(24)33-18-26(28)30)34(31,32)27-15-6-16-29-22-9-4-2-7-19(22)11-12-20-8-3-5-10-23(20)29/h2-5,7-10,13-14,17,27H,6,11-12,15-16,18H2,1H3. The lowest BCUT2D eigenvalue weighted by Gasteiger charge is -2.27. The number of anilines is 3. The van der Waals surface area contributed by atoms with Crippen LogP contribution in [0.2, 0.25) is 0 Å². The van der Waals surface area contributed by atoms with E-state index < -0.39 is 10.0 Å². The molecule has 0 saturated carbocycles. The largest absolute Gasteiger partial charge is 0.482 e. The molecule has 2 aliphatic heterocycles. The molecule has 1 amide bonds. The average molecular weight is 478 g/mol. The first kappa shape index (κ1) is 22.4. The molecule has 3 aromatic rings. The number of rotatable bonds is 6. The topological polar surface area (TPSA) is 78.9 Å². The Balaban J connectivity index is 1.30. The summed E-state index contributed by atoms with van der Waals surface area (Å²) in [5.74, 6) is 0.285. The van der Waals surface area contributed by atoms with E-state index in [0.29, 0.717) is 30.9 Å². The highest BCUT2D eigenvalue weighted by molar-refractivity contribution is 7.89. The number of likely N-dealkylation sites (N-methyl/N-ethyl adjacent to an activating group) is 1. The molecule has 7 nitrogen and oxygen atoms in total. The lowest BCUT2D eigenvalue weighted by atomic mass is 10.0. The minimum Gasteiger partial charge on any atom is -0.482 e. The SMILES string of the molecule is CN1C(=O)COc2ccc(S(=O)(=O)NCCCN3c4ccccc4CCc4ccccc43)cc21. The van der Waals surface area contributed by atoms with Crippen LogP contribution in [0.1, 0.15) is 17.5 Å². The number of sulfonamides is 1. The van der Waals surface area contributed by atoms with Crippen molar-refractivity contribution in [2.45, 2.75) is 24.2 Å². The van der Waals surface area contributed by atoms with Crippen LogP contribution in [0.25, 0.3) is 0 Å². The van der Waals surface area contributed by atoms with Crippen LogP contribution in [0.15, 0.2) is 71.6 Å². The summed E-state index contributed by atoms with van der Waals surface area (Å²) in [5.41, 5.74) is 5.41. The predicted molar refractivity (Wildman–Crippen MR) is 132 cm³/mol. The summed E-state index contributed by atoms with van der Waals surface area (Å²) in [6, 6.07) is 21.4.